The van der Waals surface area contributed by atoms with Crippen LogP contribution in [0.5, 0.6) is 0 Å². The highest BCUT2D eigenvalue weighted by atomic mass is 16.6. The van der Waals surface area contributed by atoms with E-state index in [-0.39, 0.29) is 38.0 Å². The van der Waals surface area contributed by atoms with Gasteiger partial charge in [0.25, 0.3) is 0 Å². The lowest BCUT2D eigenvalue weighted by Crippen LogP contribution is -2.30. The van der Waals surface area contributed by atoms with Gasteiger partial charge in [0.2, 0.25) is 0 Å². The van der Waals surface area contributed by atoms with Gasteiger partial charge in [0, 0.05) is 19.3 Å². The summed E-state index contributed by atoms with van der Waals surface area (Å²) in [5, 5.41) is 0. The number of hydrogen-bond donors (Lipinski definition) is 0. The Hall–Kier alpha value is -4.45. The minimum atomic E-state index is -0.848. The first kappa shape index (κ1) is 64.5. The summed E-state index contributed by atoms with van der Waals surface area (Å²) in [5.74, 6) is -1.10. The van der Waals surface area contributed by atoms with Gasteiger partial charge in [-0.05, 0) is 128 Å². The Labute approximate surface area is 424 Å². The van der Waals surface area contributed by atoms with Crippen LogP contribution in [0.1, 0.15) is 226 Å². The van der Waals surface area contributed by atoms with Crippen molar-refractivity contribution in [3.8, 4) is 0 Å². The van der Waals surface area contributed by atoms with Crippen molar-refractivity contribution in [2.24, 2.45) is 0 Å². The van der Waals surface area contributed by atoms with Crippen LogP contribution in [-0.4, -0.2) is 37.2 Å². The zero-order valence-corrected chi connectivity index (χ0v) is 44.3. The SMILES string of the molecule is CCCCC/C=C\C/C=C\C/C=C\C/C=C\C/C=C\CCC(=O)OC[C@H](COC(=O)CCCCCCC/C=C\C/C=C\CCCCC)OC(=O)CCC/C=C\C/C=C\C/C=C\C/C=C\CCCCC. The van der Waals surface area contributed by atoms with Crippen LogP contribution in [0.25, 0.3) is 0 Å². The third kappa shape index (κ3) is 54.4. The topological polar surface area (TPSA) is 78.9 Å². The lowest BCUT2D eigenvalue weighted by atomic mass is 10.1. The Bertz CT molecular complexity index is 1510. The molecule has 0 radical (unpaired) electrons. The third-order valence-corrected chi connectivity index (χ3v) is 11.1. The standard InChI is InChI=1S/C63H100O6/c1-4-7-10-13-16-19-22-25-28-30-31-33-35-38-41-44-47-50-53-56-62(65)68-59-60(58-67-61(64)55-52-49-46-43-40-37-34-27-24-21-18-15-12-9-6-3)69-63(66)57-54-51-48-45-42-39-36-32-29-26-23-20-17-14-11-8-5-2/h16-21,25-29,31,33-34,36,38-39,41,45,47-48,50,60H,4-15,22-24,30,32,35,37,40,42-44,46,49,51-59H2,1-3H3/b19-16-,20-17-,21-18-,28-25-,29-26-,33-31-,34-27-,39-36-,41-38-,48-45-,50-47-/t60-/m0/s1. The molecule has 0 aromatic heterocycles. The van der Waals surface area contributed by atoms with Crippen LogP contribution in [0.3, 0.4) is 0 Å². The first-order valence-corrected chi connectivity index (χ1v) is 27.7. The van der Waals surface area contributed by atoms with Crippen LogP contribution in [0.4, 0.5) is 0 Å². The predicted molar refractivity (Wildman–Crippen MR) is 297 cm³/mol. The number of rotatable bonds is 48. The summed E-state index contributed by atoms with van der Waals surface area (Å²) < 4.78 is 16.7. The molecule has 0 unspecified atom stereocenters. The minimum absolute atomic E-state index is 0.135. The summed E-state index contributed by atoms with van der Waals surface area (Å²) in [4.78, 5) is 38.0. The first-order chi connectivity index (χ1) is 34.0. The lowest BCUT2D eigenvalue weighted by molar-refractivity contribution is -0.166. The Morgan fingerprint density at radius 3 is 0.942 bits per heavy atom. The maximum Gasteiger partial charge on any atom is 0.306 e. The van der Waals surface area contributed by atoms with Crippen molar-refractivity contribution in [2.45, 2.75) is 232 Å². The maximum absolute atomic E-state index is 12.8. The molecule has 0 aliphatic rings. The van der Waals surface area contributed by atoms with Gasteiger partial charge in [0.1, 0.15) is 13.2 Å². The fourth-order valence-electron chi connectivity index (χ4n) is 6.92. The van der Waals surface area contributed by atoms with Gasteiger partial charge in [-0.3, -0.25) is 14.4 Å². The molecule has 0 aliphatic heterocycles. The highest BCUT2D eigenvalue weighted by Crippen LogP contribution is 2.11. The normalized spacial score (nSPS) is 13.1. The molecule has 0 heterocycles. The van der Waals surface area contributed by atoms with Crippen LogP contribution >= 0.6 is 0 Å². The molecule has 1 atom stereocenters. The highest BCUT2D eigenvalue weighted by molar-refractivity contribution is 5.71. The minimum Gasteiger partial charge on any atom is -0.462 e. The molecule has 0 fully saturated rings. The van der Waals surface area contributed by atoms with Crippen LogP contribution in [0, 0.1) is 0 Å². The van der Waals surface area contributed by atoms with Crippen LogP contribution in [0.2, 0.25) is 0 Å². The van der Waals surface area contributed by atoms with Crippen molar-refractivity contribution >= 4 is 17.9 Å². The van der Waals surface area contributed by atoms with Crippen LogP contribution in [-0.2, 0) is 28.6 Å². The fraction of sp³-hybridized carbons (Fsp3) is 0.603. The molecule has 69 heavy (non-hydrogen) atoms. The monoisotopic (exact) mass is 953 g/mol. The predicted octanol–water partition coefficient (Wildman–Crippen LogP) is 18.6. The van der Waals surface area contributed by atoms with E-state index in [9.17, 15) is 14.4 Å². The molecular weight excluding hydrogens is 853 g/mol. The molecule has 0 rings (SSSR count). The first-order valence-electron chi connectivity index (χ1n) is 27.7. The average Bonchev–Trinajstić information content (AvgIpc) is 3.35. The van der Waals surface area contributed by atoms with E-state index in [4.69, 9.17) is 14.2 Å². The van der Waals surface area contributed by atoms with Gasteiger partial charge in [0.05, 0.1) is 0 Å². The molecule has 6 heteroatoms. The van der Waals surface area contributed by atoms with Gasteiger partial charge < -0.3 is 14.2 Å². The van der Waals surface area contributed by atoms with E-state index in [1.54, 1.807) is 0 Å². The summed E-state index contributed by atoms with van der Waals surface area (Å²) in [5.41, 5.74) is 0. The van der Waals surface area contributed by atoms with Crippen molar-refractivity contribution in [3.63, 3.8) is 0 Å². The van der Waals surface area contributed by atoms with Gasteiger partial charge in [-0.25, -0.2) is 0 Å². The number of allylic oxidation sites excluding steroid dienone is 22. The molecule has 6 nitrogen and oxygen atoms in total. The molecule has 0 saturated carbocycles. The summed E-state index contributed by atoms with van der Waals surface area (Å²) in [6, 6.07) is 0. The van der Waals surface area contributed by atoms with E-state index in [0.29, 0.717) is 19.3 Å². The average molecular weight is 953 g/mol. The van der Waals surface area contributed by atoms with Crippen molar-refractivity contribution in [3.05, 3.63) is 134 Å². The second-order valence-electron chi connectivity index (χ2n) is 17.8. The zero-order valence-electron chi connectivity index (χ0n) is 44.3. The fourth-order valence-corrected chi connectivity index (χ4v) is 6.92. The van der Waals surface area contributed by atoms with E-state index in [1.807, 2.05) is 12.2 Å². The molecule has 0 bridgehead atoms. The Morgan fingerprint density at radius 1 is 0.290 bits per heavy atom. The molecular formula is C63H100O6. The molecule has 0 aromatic rings. The Balaban J connectivity index is 4.63. The summed E-state index contributed by atoms with van der Waals surface area (Å²) in [6.07, 6.45) is 78.8. The molecule has 0 amide bonds. The Morgan fingerprint density at radius 2 is 0.565 bits per heavy atom. The largest absolute Gasteiger partial charge is 0.462 e. The van der Waals surface area contributed by atoms with Crippen molar-refractivity contribution in [1.82, 2.24) is 0 Å². The molecule has 0 N–H and O–H groups in total. The van der Waals surface area contributed by atoms with E-state index in [1.165, 1.54) is 77.0 Å². The number of carbonyl (C=O) groups is 3. The second kappa shape index (κ2) is 56.1. The van der Waals surface area contributed by atoms with E-state index in [0.717, 1.165) is 96.3 Å². The molecule has 0 saturated heterocycles. The number of hydrogen-bond acceptors (Lipinski definition) is 6. The molecule has 0 spiro atoms. The van der Waals surface area contributed by atoms with E-state index >= 15 is 0 Å². The lowest BCUT2D eigenvalue weighted by Gasteiger charge is -2.18. The number of ether oxygens (including phenoxy) is 3. The van der Waals surface area contributed by atoms with Crippen LogP contribution in [0.15, 0.2) is 134 Å². The van der Waals surface area contributed by atoms with E-state index < -0.39 is 12.1 Å². The highest BCUT2D eigenvalue weighted by Gasteiger charge is 2.19. The van der Waals surface area contributed by atoms with Crippen LogP contribution < -0.4 is 0 Å². The van der Waals surface area contributed by atoms with Crippen molar-refractivity contribution in [2.75, 3.05) is 13.2 Å². The summed E-state index contributed by atoms with van der Waals surface area (Å²) >= 11 is 0. The van der Waals surface area contributed by atoms with Gasteiger partial charge in [-0.2, -0.15) is 0 Å². The quantitative estimate of drug-likeness (QED) is 0.0262. The maximum atomic E-state index is 12.8. The van der Waals surface area contributed by atoms with Gasteiger partial charge in [-0.1, -0.05) is 212 Å². The third-order valence-electron chi connectivity index (χ3n) is 11.1. The van der Waals surface area contributed by atoms with Gasteiger partial charge >= 0.3 is 17.9 Å². The second-order valence-corrected chi connectivity index (χ2v) is 17.8. The number of esters is 3. The molecule has 0 aromatic carbocycles. The van der Waals surface area contributed by atoms with Gasteiger partial charge in [0.15, 0.2) is 6.10 Å². The van der Waals surface area contributed by atoms with Gasteiger partial charge in [-0.15, -0.1) is 0 Å². The Kier molecular flexibility index (Phi) is 52.5. The number of carbonyl (C=O) groups excluding carboxylic acids is 3. The summed E-state index contributed by atoms with van der Waals surface area (Å²) in [7, 11) is 0. The van der Waals surface area contributed by atoms with Crippen molar-refractivity contribution in [1.29, 1.82) is 0 Å². The smallest absolute Gasteiger partial charge is 0.306 e. The van der Waals surface area contributed by atoms with E-state index in [2.05, 4.69) is 142 Å². The van der Waals surface area contributed by atoms with Crippen molar-refractivity contribution < 1.29 is 28.6 Å². The number of unbranched alkanes of at least 4 members (excludes halogenated alkanes) is 15. The summed E-state index contributed by atoms with van der Waals surface area (Å²) in [6.45, 7) is 6.42. The molecule has 0 aliphatic carbocycles. The molecule has 388 valence electrons. The zero-order chi connectivity index (χ0) is 50.0.